The van der Waals surface area contributed by atoms with Gasteiger partial charge in [-0.1, -0.05) is 90.5 Å². The fourth-order valence-electron chi connectivity index (χ4n) is 5.09. The SMILES string of the molecule is Clc1ccc(-c2cccc3c2C2c4ccccc4C3c3ccccc32)cc1. The number of halogens is 1. The van der Waals surface area contributed by atoms with E-state index in [0.29, 0.717) is 11.8 Å². The minimum atomic E-state index is 0.296. The quantitative estimate of drug-likeness (QED) is 0.295. The van der Waals surface area contributed by atoms with Gasteiger partial charge in [0.25, 0.3) is 0 Å². The van der Waals surface area contributed by atoms with Gasteiger partial charge in [0.05, 0.1) is 0 Å². The van der Waals surface area contributed by atoms with Crippen LogP contribution in [0.25, 0.3) is 11.1 Å². The average Bonchev–Trinajstić information content (AvgIpc) is 2.73. The summed E-state index contributed by atoms with van der Waals surface area (Å²) in [6, 6.07) is 32.9. The average molecular weight is 365 g/mol. The van der Waals surface area contributed by atoms with Gasteiger partial charge in [-0.05, 0) is 56.6 Å². The van der Waals surface area contributed by atoms with Crippen molar-refractivity contribution in [3.63, 3.8) is 0 Å². The van der Waals surface area contributed by atoms with Crippen molar-refractivity contribution in [1.29, 1.82) is 0 Å². The lowest BCUT2D eigenvalue weighted by atomic mass is 9.60. The van der Waals surface area contributed by atoms with Crippen LogP contribution in [0.4, 0.5) is 0 Å². The van der Waals surface area contributed by atoms with Crippen LogP contribution < -0.4 is 0 Å². The molecule has 27 heavy (non-hydrogen) atoms. The third kappa shape index (κ3) is 2.05. The van der Waals surface area contributed by atoms with E-state index in [0.717, 1.165) is 5.02 Å². The molecule has 0 saturated carbocycles. The van der Waals surface area contributed by atoms with Gasteiger partial charge in [0, 0.05) is 16.9 Å². The predicted octanol–water partition coefficient (Wildman–Crippen LogP) is 6.99. The fraction of sp³-hybridized carbons (Fsp3) is 0.0769. The lowest BCUT2D eigenvalue weighted by molar-refractivity contribution is 0.756. The molecular formula is C26H17Cl. The molecule has 0 spiro atoms. The van der Waals surface area contributed by atoms with Gasteiger partial charge in [0.2, 0.25) is 0 Å². The first-order valence-electron chi connectivity index (χ1n) is 9.39. The van der Waals surface area contributed by atoms with Crippen LogP contribution in [0.3, 0.4) is 0 Å². The molecule has 4 aromatic carbocycles. The highest BCUT2D eigenvalue weighted by Crippen LogP contribution is 2.57. The molecule has 0 amide bonds. The van der Waals surface area contributed by atoms with Crippen molar-refractivity contribution in [1.82, 2.24) is 0 Å². The summed E-state index contributed by atoms with van der Waals surface area (Å²) in [6.45, 7) is 0. The molecule has 4 aromatic rings. The summed E-state index contributed by atoms with van der Waals surface area (Å²) in [7, 11) is 0. The summed E-state index contributed by atoms with van der Waals surface area (Å²) >= 11 is 6.14. The molecular weight excluding hydrogens is 348 g/mol. The molecule has 0 fully saturated rings. The van der Waals surface area contributed by atoms with Crippen molar-refractivity contribution in [2.24, 2.45) is 0 Å². The van der Waals surface area contributed by atoms with Gasteiger partial charge in [-0.25, -0.2) is 0 Å². The van der Waals surface area contributed by atoms with E-state index in [9.17, 15) is 0 Å². The number of hydrogen-bond donors (Lipinski definition) is 0. The van der Waals surface area contributed by atoms with E-state index in [4.69, 9.17) is 11.6 Å². The lowest BCUT2D eigenvalue weighted by Crippen LogP contribution is -2.27. The molecule has 0 aromatic heterocycles. The van der Waals surface area contributed by atoms with Crippen molar-refractivity contribution in [3.8, 4) is 11.1 Å². The minimum absolute atomic E-state index is 0.296. The summed E-state index contributed by atoms with van der Waals surface area (Å²) in [5, 5.41) is 0.778. The van der Waals surface area contributed by atoms with E-state index in [1.165, 1.54) is 44.5 Å². The Hall–Kier alpha value is -2.83. The van der Waals surface area contributed by atoms with Crippen LogP contribution in [0.1, 0.15) is 45.2 Å². The van der Waals surface area contributed by atoms with Gasteiger partial charge in [0.1, 0.15) is 0 Å². The molecule has 3 aliphatic carbocycles. The van der Waals surface area contributed by atoms with Gasteiger partial charge in [0.15, 0.2) is 0 Å². The fourth-order valence-corrected chi connectivity index (χ4v) is 5.22. The summed E-state index contributed by atoms with van der Waals surface area (Å²) in [4.78, 5) is 0. The maximum Gasteiger partial charge on any atom is 0.0406 e. The maximum absolute atomic E-state index is 6.14. The molecule has 0 nitrogen and oxygen atoms in total. The Kier molecular flexibility index (Phi) is 3.15. The third-order valence-corrected chi connectivity index (χ3v) is 6.38. The molecule has 0 heterocycles. The van der Waals surface area contributed by atoms with Crippen molar-refractivity contribution >= 4 is 11.6 Å². The molecule has 0 N–H and O–H groups in total. The largest absolute Gasteiger partial charge is 0.0843 e. The second-order valence-electron chi connectivity index (χ2n) is 7.44. The number of hydrogen-bond acceptors (Lipinski definition) is 0. The summed E-state index contributed by atoms with van der Waals surface area (Å²) in [5.74, 6) is 0.619. The smallest absolute Gasteiger partial charge is 0.0406 e. The Morgan fingerprint density at radius 2 is 1.00 bits per heavy atom. The van der Waals surface area contributed by atoms with E-state index in [2.05, 4.69) is 78.9 Å². The first kappa shape index (κ1) is 15.2. The highest BCUT2D eigenvalue weighted by atomic mass is 35.5. The van der Waals surface area contributed by atoms with Gasteiger partial charge >= 0.3 is 0 Å². The first-order valence-corrected chi connectivity index (χ1v) is 9.77. The van der Waals surface area contributed by atoms with Crippen LogP contribution in [0, 0.1) is 0 Å². The predicted molar refractivity (Wildman–Crippen MR) is 112 cm³/mol. The Morgan fingerprint density at radius 1 is 0.481 bits per heavy atom. The van der Waals surface area contributed by atoms with Crippen molar-refractivity contribution in [2.75, 3.05) is 0 Å². The van der Waals surface area contributed by atoms with Crippen molar-refractivity contribution in [3.05, 3.63) is 129 Å². The molecule has 0 atom stereocenters. The Morgan fingerprint density at radius 3 is 1.59 bits per heavy atom. The zero-order valence-electron chi connectivity index (χ0n) is 14.7. The third-order valence-electron chi connectivity index (χ3n) is 6.13. The Bertz CT molecular complexity index is 1140. The Balaban J connectivity index is 1.69. The van der Waals surface area contributed by atoms with E-state index in [1.54, 1.807) is 0 Å². The van der Waals surface area contributed by atoms with Gasteiger partial charge < -0.3 is 0 Å². The van der Waals surface area contributed by atoms with Crippen LogP contribution in [-0.2, 0) is 0 Å². The van der Waals surface area contributed by atoms with E-state index in [-0.39, 0.29) is 0 Å². The zero-order valence-corrected chi connectivity index (χ0v) is 15.4. The lowest BCUT2D eigenvalue weighted by Gasteiger charge is -2.43. The van der Waals surface area contributed by atoms with E-state index in [1.807, 2.05) is 12.1 Å². The van der Waals surface area contributed by atoms with E-state index < -0.39 is 0 Å². The number of benzene rings is 4. The number of rotatable bonds is 1. The second kappa shape index (κ2) is 5.58. The van der Waals surface area contributed by atoms with E-state index >= 15 is 0 Å². The maximum atomic E-state index is 6.14. The van der Waals surface area contributed by atoms with Crippen LogP contribution in [0.15, 0.2) is 91.0 Å². The molecule has 0 radical (unpaired) electrons. The van der Waals surface area contributed by atoms with Gasteiger partial charge in [-0.15, -0.1) is 0 Å². The first-order chi connectivity index (χ1) is 13.3. The summed E-state index contributed by atoms with van der Waals surface area (Å²) in [5.41, 5.74) is 11.3. The standard InChI is InChI=1S/C26H17Cl/c27-17-14-12-16(13-15-17)18-10-5-11-23-24-19-6-1-3-8-21(19)26(25(18)23)22-9-4-2-7-20(22)24/h1-15,24,26H. The molecule has 0 saturated heterocycles. The van der Waals surface area contributed by atoms with Crippen LogP contribution in [-0.4, -0.2) is 0 Å². The van der Waals surface area contributed by atoms with Crippen molar-refractivity contribution < 1.29 is 0 Å². The Labute approximate surface area is 164 Å². The van der Waals surface area contributed by atoms with Crippen LogP contribution in [0.5, 0.6) is 0 Å². The van der Waals surface area contributed by atoms with Crippen LogP contribution >= 0.6 is 11.6 Å². The highest BCUT2D eigenvalue weighted by molar-refractivity contribution is 6.30. The summed E-state index contributed by atoms with van der Waals surface area (Å²) in [6.07, 6.45) is 0. The van der Waals surface area contributed by atoms with Crippen LogP contribution in [0.2, 0.25) is 5.02 Å². The van der Waals surface area contributed by atoms with Gasteiger partial charge in [-0.2, -0.15) is 0 Å². The molecule has 3 aliphatic rings. The van der Waals surface area contributed by atoms with Gasteiger partial charge in [-0.3, -0.25) is 0 Å². The normalized spacial score (nSPS) is 18.6. The molecule has 2 bridgehead atoms. The zero-order chi connectivity index (χ0) is 18.0. The summed E-state index contributed by atoms with van der Waals surface area (Å²) < 4.78 is 0. The molecule has 7 rings (SSSR count). The van der Waals surface area contributed by atoms with Crippen molar-refractivity contribution in [2.45, 2.75) is 11.8 Å². The monoisotopic (exact) mass is 364 g/mol. The topological polar surface area (TPSA) is 0 Å². The molecule has 0 unspecified atom stereocenters. The molecule has 0 aliphatic heterocycles. The second-order valence-corrected chi connectivity index (χ2v) is 7.88. The molecule has 1 heteroatoms. The highest BCUT2D eigenvalue weighted by Gasteiger charge is 2.41. The minimum Gasteiger partial charge on any atom is -0.0843 e. The molecule has 128 valence electrons.